The van der Waals surface area contributed by atoms with Gasteiger partial charge in [-0.2, -0.15) is 5.26 Å². The van der Waals surface area contributed by atoms with E-state index in [1.165, 1.54) is 6.08 Å². The second-order valence-electron chi connectivity index (χ2n) is 6.81. The Bertz CT molecular complexity index is 1210. The third-order valence-electron chi connectivity index (χ3n) is 4.46. The van der Waals surface area contributed by atoms with Crippen LogP contribution in [0.4, 0.5) is 5.69 Å². The van der Waals surface area contributed by atoms with Gasteiger partial charge in [-0.05, 0) is 54.6 Å². The lowest BCUT2D eigenvalue weighted by molar-refractivity contribution is -0.112. The van der Waals surface area contributed by atoms with Crippen molar-refractivity contribution in [1.29, 1.82) is 5.26 Å². The Balaban J connectivity index is 1.68. The Hall–Kier alpha value is -3.72. The minimum absolute atomic E-state index is 0.0974. The van der Waals surface area contributed by atoms with E-state index in [-0.39, 0.29) is 12.2 Å². The first-order valence-corrected chi connectivity index (χ1v) is 10.7. The van der Waals surface area contributed by atoms with Gasteiger partial charge in [0, 0.05) is 26.9 Å². The molecule has 0 fully saturated rings. The topological polar surface area (TPSA) is 71.3 Å². The fraction of sp³-hybridized carbons (Fsp3) is 0.0769. The fourth-order valence-electron chi connectivity index (χ4n) is 2.83. The van der Waals surface area contributed by atoms with Gasteiger partial charge >= 0.3 is 0 Å². The number of ether oxygens (including phenoxy) is 2. The van der Waals surface area contributed by atoms with E-state index in [1.807, 2.05) is 24.3 Å². The Labute approximate surface area is 202 Å². The van der Waals surface area contributed by atoms with Gasteiger partial charge in [0.2, 0.25) is 0 Å². The third kappa shape index (κ3) is 6.88. The molecule has 0 aliphatic heterocycles. The van der Waals surface area contributed by atoms with Crippen molar-refractivity contribution in [2.24, 2.45) is 0 Å². The lowest BCUT2D eigenvalue weighted by Gasteiger charge is -2.10. The summed E-state index contributed by atoms with van der Waals surface area (Å²) >= 11 is 12.2. The molecule has 33 heavy (non-hydrogen) atoms. The number of anilines is 1. The summed E-state index contributed by atoms with van der Waals surface area (Å²) in [7, 11) is 0. The molecule has 0 atom stereocenters. The molecule has 3 aromatic carbocycles. The molecule has 0 aliphatic carbocycles. The van der Waals surface area contributed by atoms with Gasteiger partial charge in [0.25, 0.3) is 5.91 Å². The first kappa shape index (κ1) is 23.9. The van der Waals surface area contributed by atoms with Crippen molar-refractivity contribution in [3.8, 4) is 17.6 Å². The SMILES string of the molecule is C=CCOc1ccc(Cl)cc1/C=C(\C#N)C(=O)Nc1ccc(OCc2ccccc2Cl)cc1. The van der Waals surface area contributed by atoms with E-state index in [1.54, 1.807) is 54.6 Å². The molecule has 3 rings (SSSR count). The van der Waals surface area contributed by atoms with Gasteiger partial charge in [0.1, 0.15) is 36.4 Å². The Morgan fingerprint density at radius 3 is 2.52 bits per heavy atom. The molecule has 5 nitrogen and oxygen atoms in total. The van der Waals surface area contributed by atoms with Crippen LogP contribution in [0.3, 0.4) is 0 Å². The van der Waals surface area contributed by atoms with Gasteiger partial charge in [-0.25, -0.2) is 0 Å². The van der Waals surface area contributed by atoms with Crippen LogP contribution in [0.5, 0.6) is 11.5 Å². The van der Waals surface area contributed by atoms with Gasteiger partial charge in [-0.15, -0.1) is 0 Å². The quantitative estimate of drug-likeness (QED) is 0.211. The van der Waals surface area contributed by atoms with Gasteiger partial charge in [0.15, 0.2) is 0 Å². The summed E-state index contributed by atoms with van der Waals surface area (Å²) in [4.78, 5) is 12.7. The first-order valence-electron chi connectivity index (χ1n) is 9.93. The summed E-state index contributed by atoms with van der Waals surface area (Å²) in [6, 6.07) is 21.1. The van der Waals surface area contributed by atoms with Crippen molar-refractivity contribution in [3.05, 3.63) is 106 Å². The second kappa shape index (κ2) is 11.8. The van der Waals surface area contributed by atoms with Crippen LogP contribution in [0.25, 0.3) is 6.08 Å². The number of carbonyl (C=O) groups is 1. The van der Waals surface area contributed by atoms with Gasteiger partial charge in [-0.3, -0.25) is 4.79 Å². The molecule has 0 saturated heterocycles. The van der Waals surface area contributed by atoms with E-state index >= 15 is 0 Å². The minimum Gasteiger partial charge on any atom is -0.489 e. The lowest BCUT2D eigenvalue weighted by atomic mass is 10.1. The largest absolute Gasteiger partial charge is 0.489 e. The van der Waals surface area contributed by atoms with E-state index in [0.717, 1.165) is 5.56 Å². The van der Waals surface area contributed by atoms with E-state index in [0.29, 0.717) is 39.4 Å². The number of carbonyl (C=O) groups excluding carboxylic acids is 1. The van der Waals surface area contributed by atoms with Crippen molar-refractivity contribution in [1.82, 2.24) is 0 Å². The van der Waals surface area contributed by atoms with Crippen LogP contribution < -0.4 is 14.8 Å². The normalized spacial score (nSPS) is 10.8. The van der Waals surface area contributed by atoms with Gasteiger partial charge < -0.3 is 14.8 Å². The molecule has 0 aromatic heterocycles. The van der Waals surface area contributed by atoms with Crippen molar-refractivity contribution in [2.45, 2.75) is 6.61 Å². The molecule has 0 heterocycles. The highest BCUT2D eigenvalue weighted by Crippen LogP contribution is 2.26. The average molecular weight is 479 g/mol. The highest BCUT2D eigenvalue weighted by atomic mass is 35.5. The molecule has 0 bridgehead atoms. The zero-order chi connectivity index (χ0) is 23.6. The smallest absolute Gasteiger partial charge is 0.266 e. The van der Waals surface area contributed by atoms with Crippen molar-refractivity contribution < 1.29 is 14.3 Å². The van der Waals surface area contributed by atoms with Crippen molar-refractivity contribution >= 4 is 40.9 Å². The molecule has 1 N–H and O–H groups in total. The Morgan fingerprint density at radius 2 is 1.82 bits per heavy atom. The van der Waals surface area contributed by atoms with E-state index < -0.39 is 5.91 Å². The monoisotopic (exact) mass is 478 g/mol. The maximum atomic E-state index is 12.7. The number of hydrogen-bond donors (Lipinski definition) is 1. The zero-order valence-electron chi connectivity index (χ0n) is 17.6. The standard InChI is InChI=1S/C26H20Cl2N2O3/c1-2-13-32-25-12-7-21(27)15-19(25)14-20(16-29)26(31)30-22-8-10-23(11-9-22)33-17-18-5-3-4-6-24(18)28/h2-12,14-15H,1,13,17H2,(H,30,31)/b20-14+. The summed E-state index contributed by atoms with van der Waals surface area (Å²) in [6.07, 6.45) is 3.03. The number of benzene rings is 3. The summed E-state index contributed by atoms with van der Waals surface area (Å²) in [5, 5.41) is 13.3. The summed E-state index contributed by atoms with van der Waals surface area (Å²) in [5.74, 6) is 0.545. The molecule has 3 aromatic rings. The third-order valence-corrected chi connectivity index (χ3v) is 5.06. The number of nitrogens with zero attached hydrogens (tertiary/aromatic N) is 1. The number of nitrogens with one attached hydrogen (secondary N) is 1. The number of rotatable bonds is 9. The van der Waals surface area contributed by atoms with E-state index in [4.69, 9.17) is 32.7 Å². The summed E-state index contributed by atoms with van der Waals surface area (Å²) in [6.45, 7) is 4.22. The molecule has 166 valence electrons. The van der Waals surface area contributed by atoms with Crippen LogP contribution in [-0.2, 0) is 11.4 Å². The maximum absolute atomic E-state index is 12.7. The van der Waals surface area contributed by atoms with Crippen molar-refractivity contribution in [2.75, 3.05) is 11.9 Å². The number of nitriles is 1. The van der Waals surface area contributed by atoms with Crippen molar-refractivity contribution in [3.63, 3.8) is 0 Å². The Kier molecular flexibility index (Phi) is 8.54. The van der Waals surface area contributed by atoms with Crippen LogP contribution in [0.1, 0.15) is 11.1 Å². The fourth-order valence-corrected chi connectivity index (χ4v) is 3.20. The zero-order valence-corrected chi connectivity index (χ0v) is 19.1. The molecule has 0 saturated carbocycles. The molecular weight excluding hydrogens is 459 g/mol. The van der Waals surface area contributed by atoms with Crippen LogP contribution >= 0.6 is 23.2 Å². The predicted molar refractivity (Wildman–Crippen MR) is 132 cm³/mol. The van der Waals surface area contributed by atoms with E-state index in [2.05, 4.69) is 11.9 Å². The number of halogens is 2. The molecule has 0 aliphatic rings. The molecule has 0 unspecified atom stereocenters. The first-order chi connectivity index (χ1) is 16.0. The molecule has 7 heteroatoms. The lowest BCUT2D eigenvalue weighted by Crippen LogP contribution is -2.13. The molecule has 0 spiro atoms. The minimum atomic E-state index is -0.558. The highest BCUT2D eigenvalue weighted by Gasteiger charge is 2.12. The van der Waals surface area contributed by atoms with Crippen LogP contribution in [0.15, 0.2) is 85.0 Å². The number of hydrogen-bond acceptors (Lipinski definition) is 4. The number of amides is 1. The highest BCUT2D eigenvalue weighted by molar-refractivity contribution is 6.31. The predicted octanol–water partition coefficient (Wildman–Crippen LogP) is 6.68. The van der Waals surface area contributed by atoms with Crippen LogP contribution in [-0.4, -0.2) is 12.5 Å². The molecule has 0 radical (unpaired) electrons. The average Bonchev–Trinajstić information content (AvgIpc) is 2.82. The van der Waals surface area contributed by atoms with Crippen LogP contribution in [0, 0.1) is 11.3 Å². The second-order valence-corrected chi connectivity index (χ2v) is 7.65. The maximum Gasteiger partial charge on any atom is 0.266 e. The molecule has 1 amide bonds. The summed E-state index contributed by atoms with van der Waals surface area (Å²) in [5.41, 5.74) is 1.80. The van der Waals surface area contributed by atoms with Gasteiger partial charge in [0.05, 0.1) is 0 Å². The van der Waals surface area contributed by atoms with Gasteiger partial charge in [-0.1, -0.05) is 54.1 Å². The van der Waals surface area contributed by atoms with Crippen LogP contribution in [0.2, 0.25) is 10.0 Å². The van der Waals surface area contributed by atoms with E-state index in [9.17, 15) is 10.1 Å². The molecular formula is C26H20Cl2N2O3. The Morgan fingerprint density at radius 1 is 1.06 bits per heavy atom. The summed E-state index contributed by atoms with van der Waals surface area (Å²) < 4.78 is 11.3.